The first kappa shape index (κ1) is 25.0. The molecule has 6 aromatic rings. The highest BCUT2D eigenvalue weighted by Gasteiger charge is 2.17. The van der Waals surface area contributed by atoms with E-state index in [9.17, 15) is 4.79 Å². The largest absolute Gasteiger partial charge is 0.272 e. The van der Waals surface area contributed by atoms with Gasteiger partial charge in [-0.15, -0.1) is 10.2 Å². The number of aromatic nitrogens is 3. The molecule has 39 heavy (non-hydrogen) atoms. The van der Waals surface area contributed by atoms with E-state index in [1.54, 1.807) is 6.21 Å². The zero-order valence-electron chi connectivity index (χ0n) is 20.7. The molecule has 0 saturated carbocycles. The summed E-state index contributed by atoms with van der Waals surface area (Å²) in [5, 5.41) is 18.2. The standard InChI is InChI=1S/C31H22BrN5OS/c32-24-14-16-25(17-15-24)37-30(21-8-2-1-3-9-21)35-36-31(37)39-20-29(38)34-33-19-28-26-12-6-4-10-22(26)18-23-11-5-7-13-27(23)28/h1-19H,20H2,(H,34,38)/b33-19-. The van der Waals surface area contributed by atoms with E-state index in [4.69, 9.17) is 0 Å². The summed E-state index contributed by atoms with van der Waals surface area (Å²) in [6, 6.07) is 36.3. The number of halogens is 1. The summed E-state index contributed by atoms with van der Waals surface area (Å²) in [6.45, 7) is 0. The van der Waals surface area contributed by atoms with Crippen molar-refractivity contribution < 1.29 is 4.79 Å². The van der Waals surface area contributed by atoms with Gasteiger partial charge in [0, 0.05) is 21.3 Å². The van der Waals surface area contributed by atoms with Crippen molar-refractivity contribution >= 4 is 61.4 Å². The van der Waals surface area contributed by atoms with Crippen molar-refractivity contribution in [3.63, 3.8) is 0 Å². The smallest absolute Gasteiger partial charge is 0.250 e. The summed E-state index contributed by atoms with van der Waals surface area (Å²) in [5.41, 5.74) is 5.50. The van der Waals surface area contributed by atoms with E-state index in [0.29, 0.717) is 11.0 Å². The zero-order chi connectivity index (χ0) is 26.6. The van der Waals surface area contributed by atoms with Crippen LogP contribution in [0.4, 0.5) is 0 Å². The lowest BCUT2D eigenvalue weighted by atomic mass is 9.97. The van der Waals surface area contributed by atoms with Crippen LogP contribution < -0.4 is 5.43 Å². The van der Waals surface area contributed by atoms with Gasteiger partial charge in [-0.05, 0) is 51.9 Å². The van der Waals surface area contributed by atoms with Gasteiger partial charge in [0.1, 0.15) is 0 Å². The molecule has 190 valence electrons. The maximum atomic E-state index is 12.8. The number of nitrogens with one attached hydrogen (secondary N) is 1. The average Bonchev–Trinajstić information content (AvgIpc) is 3.40. The first-order valence-electron chi connectivity index (χ1n) is 12.3. The minimum atomic E-state index is -0.229. The van der Waals surface area contributed by atoms with Crippen LogP contribution in [-0.2, 0) is 4.79 Å². The summed E-state index contributed by atoms with van der Waals surface area (Å²) < 4.78 is 2.94. The fourth-order valence-corrected chi connectivity index (χ4v) is 5.49. The molecule has 0 radical (unpaired) electrons. The number of nitrogens with zero attached hydrogens (tertiary/aromatic N) is 4. The molecule has 0 unspecified atom stereocenters. The van der Waals surface area contributed by atoms with E-state index in [2.05, 4.69) is 67.0 Å². The van der Waals surface area contributed by atoms with E-state index in [1.807, 2.05) is 83.4 Å². The Kier molecular flexibility index (Phi) is 7.21. The summed E-state index contributed by atoms with van der Waals surface area (Å²) in [6.07, 6.45) is 1.73. The molecule has 1 heterocycles. The molecule has 1 aromatic heterocycles. The first-order chi connectivity index (χ1) is 19.2. The molecule has 0 atom stereocenters. The quantitative estimate of drug-likeness (QED) is 0.0918. The lowest BCUT2D eigenvalue weighted by Crippen LogP contribution is -2.20. The lowest BCUT2D eigenvalue weighted by Gasteiger charge is -2.10. The van der Waals surface area contributed by atoms with Gasteiger partial charge in [-0.25, -0.2) is 5.43 Å². The molecule has 5 aromatic carbocycles. The highest BCUT2D eigenvalue weighted by molar-refractivity contribution is 9.10. The Morgan fingerprint density at radius 3 is 2.18 bits per heavy atom. The van der Waals surface area contributed by atoms with E-state index >= 15 is 0 Å². The van der Waals surface area contributed by atoms with Crippen LogP contribution in [0.15, 0.2) is 124 Å². The monoisotopic (exact) mass is 591 g/mol. The summed E-state index contributed by atoms with van der Waals surface area (Å²) in [4.78, 5) is 12.8. The Balaban J connectivity index is 1.22. The molecule has 1 amide bonds. The number of hydrogen-bond donors (Lipinski definition) is 1. The number of hydrogen-bond acceptors (Lipinski definition) is 5. The molecule has 6 rings (SSSR count). The van der Waals surface area contributed by atoms with Gasteiger partial charge in [-0.1, -0.05) is 107 Å². The molecule has 0 bridgehead atoms. The number of carbonyl (C=O) groups is 1. The summed E-state index contributed by atoms with van der Waals surface area (Å²) in [5.74, 6) is 0.617. The van der Waals surface area contributed by atoms with Crippen molar-refractivity contribution in [3.8, 4) is 17.1 Å². The molecule has 0 saturated heterocycles. The Morgan fingerprint density at radius 1 is 0.846 bits per heavy atom. The van der Waals surface area contributed by atoms with Gasteiger partial charge < -0.3 is 0 Å². The highest BCUT2D eigenvalue weighted by Crippen LogP contribution is 2.29. The number of fused-ring (bicyclic) bond motifs is 2. The van der Waals surface area contributed by atoms with Gasteiger partial charge >= 0.3 is 0 Å². The van der Waals surface area contributed by atoms with Crippen LogP contribution in [-0.4, -0.2) is 32.6 Å². The van der Waals surface area contributed by atoms with Gasteiger partial charge in [0.2, 0.25) is 0 Å². The van der Waals surface area contributed by atoms with Gasteiger partial charge in [-0.2, -0.15) is 5.10 Å². The molecule has 0 aliphatic heterocycles. The predicted molar refractivity (Wildman–Crippen MR) is 162 cm³/mol. The first-order valence-corrected chi connectivity index (χ1v) is 14.1. The van der Waals surface area contributed by atoms with Crippen LogP contribution in [0.3, 0.4) is 0 Å². The maximum absolute atomic E-state index is 12.8. The second kappa shape index (κ2) is 11.2. The highest BCUT2D eigenvalue weighted by atomic mass is 79.9. The Labute approximate surface area is 237 Å². The molecule has 1 N–H and O–H groups in total. The second-order valence-corrected chi connectivity index (χ2v) is 10.7. The number of benzene rings is 5. The molecular formula is C31H22BrN5OS. The molecular weight excluding hydrogens is 570 g/mol. The molecule has 0 fully saturated rings. The van der Waals surface area contributed by atoms with Gasteiger partial charge in [0.25, 0.3) is 5.91 Å². The Hall–Kier alpha value is -4.27. The number of rotatable bonds is 7. The Morgan fingerprint density at radius 2 is 1.49 bits per heavy atom. The van der Waals surface area contributed by atoms with Crippen molar-refractivity contribution in [2.75, 3.05) is 5.75 Å². The maximum Gasteiger partial charge on any atom is 0.250 e. The molecule has 0 aliphatic rings. The van der Waals surface area contributed by atoms with Gasteiger partial charge in [0.15, 0.2) is 11.0 Å². The van der Waals surface area contributed by atoms with Crippen LogP contribution >= 0.6 is 27.7 Å². The van der Waals surface area contributed by atoms with E-state index < -0.39 is 0 Å². The third-order valence-corrected chi connectivity index (χ3v) is 7.74. The third kappa shape index (κ3) is 5.34. The van der Waals surface area contributed by atoms with Gasteiger partial charge in [0.05, 0.1) is 12.0 Å². The SMILES string of the molecule is O=C(CSc1nnc(-c2ccccc2)n1-c1ccc(Br)cc1)N/N=C\c1c2ccccc2cc2ccccc12. The number of amides is 1. The van der Waals surface area contributed by atoms with Crippen LogP contribution in [0, 0.1) is 0 Å². The molecule has 0 aliphatic carbocycles. The topological polar surface area (TPSA) is 72.2 Å². The van der Waals surface area contributed by atoms with Crippen LogP contribution in [0.2, 0.25) is 0 Å². The lowest BCUT2D eigenvalue weighted by molar-refractivity contribution is -0.118. The normalized spacial score (nSPS) is 11.4. The van der Waals surface area contributed by atoms with Crippen LogP contribution in [0.1, 0.15) is 5.56 Å². The van der Waals surface area contributed by atoms with Crippen molar-refractivity contribution in [2.24, 2.45) is 5.10 Å². The van der Waals surface area contributed by atoms with Crippen molar-refractivity contribution in [2.45, 2.75) is 5.16 Å². The second-order valence-electron chi connectivity index (χ2n) is 8.80. The zero-order valence-corrected chi connectivity index (χ0v) is 23.1. The minimum Gasteiger partial charge on any atom is -0.272 e. The summed E-state index contributed by atoms with van der Waals surface area (Å²) in [7, 11) is 0. The minimum absolute atomic E-state index is 0.136. The average molecular weight is 593 g/mol. The molecule has 8 heteroatoms. The fourth-order valence-electron chi connectivity index (χ4n) is 4.48. The molecule has 6 nitrogen and oxygen atoms in total. The fraction of sp³-hybridized carbons (Fsp3) is 0.0323. The van der Waals surface area contributed by atoms with E-state index in [-0.39, 0.29) is 11.7 Å². The van der Waals surface area contributed by atoms with Crippen LogP contribution in [0.25, 0.3) is 38.6 Å². The summed E-state index contributed by atoms with van der Waals surface area (Å²) >= 11 is 4.81. The van der Waals surface area contributed by atoms with Crippen molar-refractivity contribution in [1.82, 2.24) is 20.2 Å². The number of carbonyl (C=O) groups excluding carboxylic acids is 1. The number of thioether (sulfide) groups is 1. The van der Waals surface area contributed by atoms with E-state index in [1.165, 1.54) is 11.8 Å². The number of hydrazone groups is 1. The van der Waals surface area contributed by atoms with Crippen molar-refractivity contribution in [1.29, 1.82) is 0 Å². The third-order valence-electron chi connectivity index (χ3n) is 6.28. The van der Waals surface area contributed by atoms with Crippen LogP contribution in [0.5, 0.6) is 0 Å². The van der Waals surface area contributed by atoms with Crippen molar-refractivity contribution in [3.05, 3.63) is 119 Å². The van der Waals surface area contributed by atoms with Gasteiger partial charge in [-0.3, -0.25) is 9.36 Å². The predicted octanol–water partition coefficient (Wildman–Crippen LogP) is 7.25. The van der Waals surface area contributed by atoms with E-state index in [0.717, 1.165) is 42.8 Å². The molecule has 0 spiro atoms. The Bertz CT molecular complexity index is 1760.